The molecular formula is C37H48O2. The number of hydrogen-bond acceptors (Lipinski definition) is 1. The molecule has 2 heteroatoms. The second kappa shape index (κ2) is 15.7. The SMILES string of the molecule is CCCCCCCCC1CCC(c2ccc(-c3ccccc3-c3ccc(CCCCC(=O)O)cc3)cc2)CC1. The number of hydrogen-bond donors (Lipinski definition) is 1. The smallest absolute Gasteiger partial charge is 0.303 e. The van der Waals surface area contributed by atoms with Crippen LogP contribution in [0.5, 0.6) is 0 Å². The first-order valence-corrected chi connectivity index (χ1v) is 15.6. The highest BCUT2D eigenvalue weighted by molar-refractivity contribution is 5.83. The molecule has 0 radical (unpaired) electrons. The molecule has 3 aromatic rings. The van der Waals surface area contributed by atoms with Crippen molar-refractivity contribution in [1.29, 1.82) is 0 Å². The van der Waals surface area contributed by atoms with Crippen LogP contribution in [0.25, 0.3) is 22.3 Å². The molecule has 0 unspecified atom stereocenters. The average Bonchev–Trinajstić information content (AvgIpc) is 2.98. The van der Waals surface area contributed by atoms with Crippen molar-refractivity contribution in [3.8, 4) is 22.3 Å². The van der Waals surface area contributed by atoms with Crippen molar-refractivity contribution in [2.45, 2.75) is 109 Å². The lowest BCUT2D eigenvalue weighted by molar-refractivity contribution is -0.137. The van der Waals surface area contributed by atoms with Crippen LogP contribution in [0.2, 0.25) is 0 Å². The first-order chi connectivity index (χ1) is 19.1. The van der Waals surface area contributed by atoms with Gasteiger partial charge < -0.3 is 5.11 Å². The topological polar surface area (TPSA) is 37.3 Å². The zero-order valence-electron chi connectivity index (χ0n) is 24.0. The lowest BCUT2D eigenvalue weighted by Gasteiger charge is -2.29. The lowest BCUT2D eigenvalue weighted by atomic mass is 9.77. The third-order valence-corrected chi connectivity index (χ3v) is 8.80. The summed E-state index contributed by atoms with van der Waals surface area (Å²) in [5, 5.41) is 8.84. The van der Waals surface area contributed by atoms with E-state index >= 15 is 0 Å². The van der Waals surface area contributed by atoms with Crippen LogP contribution in [0, 0.1) is 5.92 Å². The van der Waals surface area contributed by atoms with Crippen molar-refractivity contribution in [3.05, 3.63) is 83.9 Å². The molecule has 0 atom stereocenters. The third-order valence-electron chi connectivity index (χ3n) is 8.80. The van der Waals surface area contributed by atoms with Crippen LogP contribution in [0.1, 0.15) is 114 Å². The highest BCUT2D eigenvalue weighted by Crippen LogP contribution is 2.39. The van der Waals surface area contributed by atoms with Gasteiger partial charge in [-0.25, -0.2) is 0 Å². The summed E-state index contributed by atoms with van der Waals surface area (Å²) in [6, 6.07) is 26.9. The van der Waals surface area contributed by atoms with Crippen molar-refractivity contribution in [3.63, 3.8) is 0 Å². The molecule has 0 spiro atoms. The number of carbonyl (C=O) groups is 1. The van der Waals surface area contributed by atoms with E-state index in [1.165, 1.54) is 104 Å². The standard InChI is InChI=1S/C37H48O2/c1-2-3-4-5-6-7-12-29-17-21-31(22-18-29)32-25-27-34(28-26-32)36-15-10-9-14-35(36)33-23-19-30(20-24-33)13-8-11-16-37(38)39/h9-10,14-15,19-20,23-29,31H,2-8,11-13,16-18,21-22H2,1H3,(H,38,39). The Morgan fingerprint density at radius 1 is 0.692 bits per heavy atom. The molecule has 1 aliphatic rings. The van der Waals surface area contributed by atoms with Gasteiger partial charge in [0, 0.05) is 6.42 Å². The molecule has 2 nitrogen and oxygen atoms in total. The van der Waals surface area contributed by atoms with E-state index < -0.39 is 5.97 Å². The minimum Gasteiger partial charge on any atom is -0.481 e. The van der Waals surface area contributed by atoms with Gasteiger partial charge in [0.1, 0.15) is 0 Å². The average molecular weight is 525 g/mol. The molecule has 4 rings (SSSR count). The molecule has 0 amide bonds. The Hall–Kier alpha value is -2.87. The molecule has 0 aliphatic heterocycles. The fourth-order valence-electron chi connectivity index (χ4n) is 6.38. The predicted octanol–water partition coefficient (Wildman–Crippen LogP) is 10.8. The molecule has 0 saturated heterocycles. The first-order valence-electron chi connectivity index (χ1n) is 15.6. The summed E-state index contributed by atoms with van der Waals surface area (Å²) < 4.78 is 0. The second-order valence-electron chi connectivity index (χ2n) is 11.7. The molecule has 0 heterocycles. The zero-order chi connectivity index (χ0) is 27.3. The summed E-state index contributed by atoms with van der Waals surface area (Å²) in [4.78, 5) is 10.7. The van der Waals surface area contributed by atoms with E-state index in [-0.39, 0.29) is 6.42 Å². The molecule has 39 heavy (non-hydrogen) atoms. The van der Waals surface area contributed by atoms with Gasteiger partial charge in [0.2, 0.25) is 0 Å². The van der Waals surface area contributed by atoms with Crippen molar-refractivity contribution >= 4 is 5.97 Å². The number of rotatable bonds is 15. The maximum absolute atomic E-state index is 10.7. The molecule has 208 valence electrons. The number of carboxylic acid groups (broad SMARTS) is 1. The van der Waals surface area contributed by atoms with Gasteiger partial charge in [0.25, 0.3) is 0 Å². The van der Waals surface area contributed by atoms with E-state index in [4.69, 9.17) is 5.11 Å². The largest absolute Gasteiger partial charge is 0.481 e. The van der Waals surface area contributed by atoms with Crippen LogP contribution in [0.4, 0.5) is 0 Å². The van der Waals surface area contributed by atoms with Crippen molar-refractivity contribution in [2.75, 3.05) is 0 Å². The number of aliphatic carboxylic acids is 1. The summed E-state index contributed by atoms with van der Waals surface area (Å²) >= 11 is 0. The van der Waals surface area contributed by atoms with Gasteiger partial charge >= 0.3 is 5.97 Å². The van der Waals surface area contributed by atoms with E-state index in [1.54, 1.807) is 0 Å². The fraction of sp³-hybridized carbons (Fsp3) is 0.486. The van der Waals surface area contributed by atoms with Gasteiger partial charge in [-0.2, -0.15) is 0 Å². The lowest BCUT2D eigenvalue weighted by Crippen LogP contribution is -2.13. The number of aryl methyl sites for hydroxylation is 1. The van der Waals surface area contributed by atoms with Crippen LogP contribution in [0.15, 0.2) is 72.8 Å². The molecule has 1 aliphatic carbocycles. The van der Waals surface area contributed by atoms with Gasteiger partial charge in [-0.05, 0) is 90.2 Å². The second-order valence-corrected chi connectivity index (χ2v) is 11.7. The minimum absolute atomic E-state index is 0.255. The highest BCUT2D eigenvalue weighted by atomic mass is 16.4. The van der Waals surface area contributed by atoms with Crippen LogP contribution in [0.3, 0.4) is 0 Å². The van der Waals surface area contributed by atoms with E-state index in [0.717, 1.165) is 31.1 Å². The van der Waals surface area contributed by atoms with Gasteiger partial charge in [-0.15, -0.1) is 0 Å². The summed E-state index contributed by atoms with van der Waals surface area (Å²) in [6.07, 6.45) is 18.2. The molecule has 1 saturated carbocycles. The Bertz CT molecular complexity index is 1120. The van der Waals surface area contributed by atoms with Gasteiger partial charge in [0.05, 0.1) is 0 Å². The number of unbranched alkanes of at least 4 members (excludes halogenated alkanes) is 6. The minimum atomic E-state index is -0.707. The Labute approximate surface area is 236 Å². The molecule has 3 aromatic carbocycles. The summed E-state index contributed by atoms with van der Waals surface area (Å²) in [5.74, 6) is 0.967. The van der Waals surface area contributed by atoms with Crippen molar-refractivity contribution in [2.24, 2.45) is 5.92 Å². The molecule has 1 fully saturated rings. The van der Waals surface area contributed by atoms with Crippen LogP contribution >= 0.6 is 0 Å². The van der Waals surface area contributed by atoms with E-state index in [1.807, 2.05) is 0 Å². The monoisotopic (exact) mass is 524 g/mol. The number of benzene rings is 3. The number of carboxylic acids is 1. The Morgan fingerprint density at radius 2 is 1.28 bits per heavy atom. The Kier molecular flexibility index (Phi) is 11.7. The van der Waals surface area contributed by atoms with Gasteiger partial charge in [-0.3, -0.25) is 4.79 Å². The van der Waals surface area contributed by atoms with Gasteiger partial charge in [-0.1, -0.05) is 125 Å². The van der Waals surface area contributed by atoms with Crippen LogP contribution in [-0.2, 0) is 11.2 Å². The summed E-state index contributed by atoms with van der Waals surface area (Å²) in [7, 11) is 0. The molecule has 1 N–H and O–H groups in total. The van der Waals surface area contributed by atoms with E-state index in [0.29, 0.717) is 0 Å². The quantitative estimate of drug-likeness (QED) is 0.201. The maximum Gasteiger partial charge on any atom is 0.303 e. The Balaban J connectivity index is 1.31. The predicted molar refractivity (Wildman–Crippen MR) is 165 cm³/mol. The highest BCUT2D eigenvalue weighted by Gasteiger charge is 2.22. The van der Waals surface area contributed by atoms with Crippen molar-refractivity contribution in [1.82, 2.24) is 0 Å². The molecular weight excluding hydrogens is 476 g/mol. The van der Waals surface area contributed by atoms with Crippen molar-refractivity contribution < 1.29 is 9.90 Å². The maximum atomic E-state index is 10.7. The Morgan fingerprint density at radius 3 is 1.90 bits per heavy atom. The third kappa shape index (κ3) is 9.09. The molecule has 0 aromatic heterocycles. The molecule has 0 bridgehead atoms. The van der Waals surface area contributed by atoms with Gasteiger partial charge in [0.15, 0.2) is 0 Å². The fourth-order valence-corrected chi connectivity index (χ4v) is 6.38. The normalized spacial score (nSPS) is 17.3. The van der Waals surface area contributed by atoms with Crippen LogP contribution in [-0.4, -0.2) is 11.1 Å². The van der Waals surface area contributed by atoms with E-state index in [9.17, 15) is 4.79 Å². The first kappa shape index (κ1) is 29.1. The zero-order valence-corrected chi connectivity index (χ0v) is 24.0. The van der Waals surface area contributed by atoms with E-state index in [2.05, 4.69) is 79.7 Å². The van der Waals surface area contributed by atoms with Crippen LogP contribution < -0.4 is 0 Å². The summed E-state index contributed by atoms with van der Waals surface area (Å²) in [6.45, 7) is 2.29. The summed E-state index contributed by atoms with van der Waals surface area (Å²) in [5.41, 5.74) is 7.84.